The third kappa shape index (κ3) is 8.94. The number of nitrogens with zero attached hydrogens (tertiary/aromatic N) is 1. The van der Waals surface area contributed by atoms with Crippen LogP contribution in [0.25, 0.3) is 11.0 Å². The van der Waals surface area contributed by atoms with Gasteiger partial charge in [0.05, 0.1) is 5.52 Å². The summed E-state index contributed by atoms with van der Waals surface area (Å²) in [6.07, 6.45) is 17.0. The minimum absolute atomic E-state index is 0.108. The summed E-state index contributed by atoms with van der Waals surface area (Å²) < 4.78 is 66.0. The summed E-state index contributed by atoms with van der Waals surface area (Å²) in [6, 6.07) is 3.08. The highest BCUT2D eigenvalue weighted by Crippen LogP contribution is 2.33. The molecular weight excluding hydrogens is 476 g/mol. The molecule has 1 atom stereocenters. The van der Waals surface area contributed by atoms with Gasteiger partial charge in [-0.15, -0.1) is 0 Å². The number of hydrogen-bond donors (Lipinski definition) is 3. The standard InChI is InChI=1S/C24H40N2O6S2/c1-3-4-5-6-7-8-9-10-11-12-13-14-15-16-19(2)20-17-18-21-22(23(20)33(27,28)29)26-24(25-21)34(30,31)32/h17-19H,3-16H2,1-2H3,(H,25,26)(H,27,28,29)(H,30,31,32). The summed E-state index contributed by atoms with van der Waals surface area (Å²) in [5.74, 6) is -0.167. The average Bonchev–Trinajstić information content (AvgIpc) is 3.20. The highest BCUT2D eigenvalue weighted by Gasteiger charge is 2.26. The Balaban J connectivity index is 1.82. The van der Waals surface area contributed by atoms with E-state index >= 15 is 0 Å². The summed E-state index contributed by atoms with van der Waals surface area (Å²) in [5, 5.41) is -0.756. The Kier molecular flexibility index (Phi) is 11.5. The lowest BCUT2D eigenvalue weighted by molar-refractivity contribution is 0.474. The topological polar surface area (TPSA) is 137 Å². The predicted octanol–water partition coefficient (Wildman–Crippen LogP) is 6.64. The van der Waals surface area contributed by atoms with Crippen LogP contribution < -0.4 is 0 Å². The second-order valence-electron chi connectivity index (χ2n) is 9.30. The normalized spacial score (nSPS) is 13.5. The summed E-state index contributed by atoms with van der Waals surface area (Å²) in [4.78, 5) is 5.71. The Morgan fingerprint density at radius 1 is 0.794 bits per heavy atom. The molecule has 0 aliphatic rings. The number of fused-ring (bicyclic) bond motifs is 1. The van der Waals surface area contributed by atoms with Crippen LogP contribution in [0.15, 0.2) is 22.2 Å². The van der Waals surface area contributed by atoms with Crippen molar-refractivity contribution in [3.05, 3.63) is 17.7 Å². The van der Waals surface area contributed by atoms with Crippen LogP contribution in [-0.2, 0) is 20.2 Å². The van der Waals surface area contributed by atoms with Gasteiger partial charge in [-0.2, -0.15) is 16.8 Å². The average molecular weight is 517 g/mol. The molecule has 1 aromatic carbocycles. The van der Waals surface area contributed by atoms with E-state index in [0.29, 0.717) is 5.56 Å². The molecule has 194 valence electrons. The predicted molar refractivity (Wildman–Crippen MR) is 134 cm³/mol. The van der Waals surface area contributed by atoms with E-state index in [-0.39, 0.29) is 17.0 Å². The molecule has 0 bridgehead atoms. The summed E-state index contributed by atoms with van der Waals surface area (Å²) in [7, 11) is -9.29. The van der Waals surface area contributed by atoms with Gasteiger partial charge >= 0.3 is 10.1 Å². The number of hydrogen-bond acceptors (Lipinski definition) is 5. The molecule has 2 aromatic rings. The van der Waals surface area contributed by atoms with Crippen molar-refractivity contribution in [3.63, 3.8) is 0 Å². The van der Waals surface area contributed by atoms with Gasteiger partial charge in [-0.25, -0.2) is 4.98 Å². The van der Waals surface area contributed by atoms with Gasteiger partial charge in [-0.3, -0.25) is 9.11 Å². The molecule has 34 heavy (non-hydrogen) atoms. The molecule has 1 heterocycles. The molecule has 3 N–H and O–H groups in total. The van der Waals surface area contributed by atoms with Gasteiger partial charge in [0.1, 0.15) is 10.4 Å². The van der Waals surface area contributed by atoms with Gasteiger partial charge in [0.25, 0.3) is 15.3 Å². The van der Waals surface area contributed by atoms with E-state index in [0.717, 1.165) is 25.7 Å². The van der Waals surface area contributed by atoms with Crippen LogP contribution in [0.4, 0.5) is 0 Å². The SMILES string of the molecule is CCCCCCCCCCCCCCCC(C)c1ccc2[nH]c(S(=O)(=O)O)nc2c1S(=O)(=O)O. The van der Waals surface area contributed by atoms with E-state index in [1.165, 1.54) is 70.3 Å². The van der Waals surface area contributed by atoms with Crippen LogP contribution in [0, 0.1) is 0 Å². The molecule has 0 aliphatic carbocycles. The summed E-state index contributed by atoms with van der Waals surface area (Å²) >= 11 is 0. The van der Waals surface area contributed by atoms with Crippen LogP contribution in [-0.4, -0.2) is 35.9 Å². The molecule has 0 amide bonds. The van der Waals surface area contributed by atoms with Crippen molar-refractivity contribution in [3.8, 4) is 0 Å². The lowest BCUT2D eigenvalue weighted by Gasteiger charge is -2.15. The Bertz CT molecular complexity index is 1110. The van der Waals surface area contributed by atoms with E-state index in [4.69, 9.17) is 0 Å². The molecule has 0 spiro atoms. The first kappa shape index (κ1) is 28.7. The van der Waals surface area contributed by atoms with Crippen molar-refractivity contribution < 1.29 is 25.9 Å². The fourth-order valence-electron chi connectivity index (χ4n) is 4.45. The molecule has 1 aromatic heterocycles. The largest absolute Gasteiger partial charge is 0.328 e. The maximum absolute atomic E-state index is 12.1. The first-order valence-corrected chi connectivity index (χ1v) is 15.4. The van der Waals surface area contributed by atoms with E-state index in [1.54, 1.807) is 6.07 Å². The van der Waals surface area contributed by atoms with Gasteiger partial charge in [0, 0.05) is 0 Å². The molecule has 2 rings (SSSR count). The van der Waals surface area contributed by atoms with E-state index in [1.807, 2.05) is 6.92 Å². The first-order chi connectivity index (χ1) is 16.1. The number of unbranched alkanes of at least 4 members (excludes halogenated alkanes) is 12. The van der Waals surface area contributed by atoms with Crippen molar-refractivity contribution in [2.45, 2.75) is 120 Å². The molecular formula is C24H40N2O6S2. The van der Waals surface area contributed by atoms with Crippen molar-refractivity contribution in [2.75, 3.05) is 0 Å². The minimum atomic E-state index is -4.65. The van der Waals surface area contributed by atoms with Crippen LogP contribution in [0.1, 0.15) is 115 Å². The number of nitrogens with one attached hydrogen (secondary N) is 1. The number of aromatic amines is 1. The first-order valence-electron chi connectivity index (χ1n) is 12.5. The van der Waals surface area contributed by atoms with E-state index in [2.05, 4.69) is 16.9 Å². The molecule has 0 aliphatic heterocycles. The highest BCUT2D eigenvalue weighted by molar-refractivity contribution is 7.86. The quantitative estimate of drug-likeness (QED) is 0.158. The van der Waals surface area contributed by atoms with Gasteiger partial charge < -0.3 is 4.98 Å². The molecule has 0 saturated carbocycles. The van der Waals surface area contributed by atoms with Crippen molar-refractivity contribution >= 4 is 31.3 Å². The number of H-pyrrole nitrogens is 1. The van der Waals surface area contributed by atoms with Gasteiger partial charge in [0.2, 0.25) is 0 Å². The monoisotopic (exact) mass is 516 g/mol. The Hall–Kier alpha value is -1.49. The number of rotatable bonds is 17. The van der Waals surface area contributed by atoms with Gasteiger partial charge in [-0.05, 0) is 24.0 Å². The third-order valence-electron chi connectivity index (χ3n) is 6.39. The lowest BCUT2D eigenvalue weighted by atomic mass is 9.94. The van der Waals surface area contributed by atoms with E-state index in [9.17, 15) is 25.9 Å². The second-order valence-corrected chi connectivity index (χ2v) is 12.0. The maximum atomic E-state index is 12.1. The number of benzene rings is 1. The summed E-state index contributed by atoms with van der Waals surface area (Å²) in [6.45, 7) is 4.12. The van der Waals surface area contributed by atoms with Crippen molar-refractivity contribution in [2.24, 2.45) is 0 Å². The zero-order valence-electron chi connectivity index (χ0n) is 20.4. The Morgan fingerprint density at radius 2 is 1.29 bits per heavy atom. The molecule has 0 fully saturated rings. The number of imidazole rings is 1. The molecule has 1 unspecified atom stereocenters. The van der Waals surface area contributed by atoms with Crippen LogP contribution in [0.2, 0.25) is 0 Å². The second kappa shape index (κ2) is 13.6. The van der Waals surface area contributed by atoms with E-state index < -0.39 is 30.3 Å². The molecule has 0 saturated heterocycles. The van der Waals surface area contributed by atoms with Gasteiger partial charge in [0.15, 0.2) is 0 Å². The maximum Gasteiger partial charge on any atom is 0.328 e. The van der Waals surface area contributed by atoms with Crippen LogP contribution >= 0.6 is 0 Å². The highest BCUT2D eigenvalue weighted by atomic mass is 32.2. The van der Waals surface area contributed by atoms with Crippen molar-refractivity contribution in [1.82, 2.24) is 9.97 Å². The fraction of sp³-hybridized carbons (Fsp3) is 0.708. The molecule has 10 heteroatoms. The van der Waals surface area contributed by atoms with Crippen molar-refractivity contribution in [1.29, 1.82) is 0 Å². The zero-order valence-corrected chi connectivity index (χ0v) is 22.1. The summed E-state index contributed by atoms with van der Waals surface area (Å²) in [5.41, 5.74) is 0.310. The van der Waals surface area contributed by atoms with Crippen LogP contribution in [0.5, 0.6) is 0 Å². The van der Waals surface area contributed by atoms with Gasteiger partial charge in [-0.1, -0.05) is 103 Å². The van der Waals surface area contributed by atoms with Crippen LogP contribution in [0.3, 0.4) is 0 Å². The fourth-order valence-corrected chi connectivity index (χ4v) is 5.86. The number of aromatic nitrogens is 2. The third-order valence-corrected chi connectivity index (χ3v) is 8.02. The smallest absolute Gasteiger partial charge is 0.327 e. The zero-order chi connectivity index (χ0) is 25.2. The lowest BCUT2D eigenvalue weighted by Crippen LogP contribution is -2.07. The Morgan fingerprint density at radius 3 is 1.76 bits per heavy atom. The Labute approximate surface area is 204 Å². The minimum Gasteiger partial charge on any atom is -0.327 e. The molecule has 0 radical (unpaired) electrons. The molecule has 8 nitrogen and oxygen atoms in total.